The molecule has 0 fully saturated rings. The Morgan fingerprint density at radius 2 is 2.25 bits per heavy atom. The second-order valence-corrected chi connectivity index (χ2v) is 5.00. The lowest BCUT2D eigenvalue weighted by molar-refractivity contribution is 0.0947. The Hall–Kier alpha value is -0.450. The quantitative estimate of drug-likeness (QED) is 0.711. The number of rotatable bonds is 8. The molecule has 1 aromatic heterocycles. The molecule has 1 atom stereocenters. The molecule has 1 rings (SSSR count). The third-order valence-electron chi connectivity index (χ3n) is 2.41. The van der Waals surface area contributed by atoms with Crippen molar-refractivity contribution >= 4 is 11.3 Å². The third-order valence-corrected chi connectivity index (χ3v) is 3.50. The molecule has 0 radical (unpaired) electrons. The molecule has 1 N–H and O–H groups in total. The monoisotopic (exact) mass is 242 g/mol. The zero-order chi connectivity index (χ0) is 11.8. The normalized spacial score (nSPS) is 12.9. The minimum absolute atomic E-state index is 0.176. The first-order valence-corrected chi connectivity index (χ1v) is 6.81. The van der Waals surface area contributed by atoms with Gasteiger partial charge >= 0.3 is 0 Å². The lowest BCUT2D eigenvalue weighted by atomic mass is 10.2. The molecule has 4 heteroatoms. The van der Waals surface area contributed by atoms with Gasteiger partial charge in [0.2, 0.25) is 0 Å². The van der Waals surface area contributed by atoms with Crippen LogP contribution in [0.5, 0.6) is 0 Å². The van der Waals surface area contributed by atoms with E-state index in [0.717, 1.165) is 30.9 Å². The largest absolute Gasteiger partial charge is 0.374 e. The van der Waals surface area contributed by atoms with Gasteiger partial charge in [0, 0.05) is 24.7 Å². The molecule has 0 saturated heterocycles. The number of methoxy groups -OCH3 is 1. The van der Waals surface area contributed by atoms with Crippen LogP contribution < -0.4 is 5.32 Å². The molecule has 1 heterocycles. The predicted octanol–water partition coefficient (Wildman–Crippen LogP) is 3.13. The molecule has 92 valence electrons. The van der Waals surface area contributed by atoms with E-state index < -0.39 is 0 Å². The van der Waals surface area contributed by atoms with Crippen molar-refractivity contribution in [1.29, 1.82) is 0 Å². The van der Waals surface area contributed by atoms with Crippen LogP contribution in [0.2, 0.25) is 0 Å². The summed E-state index contributed by atoms with van der Waals surface area (Å²) in [4.78, 5) is 5.73. The molecular formula is C12H22N2OS. The number of hydrogen-bond donors (Lipinski definition) is 1. The van der Waals surface area contributed by atoms with Crippen LogP contribution in [-0.2, 0) is 11.3 Å². The summed E-state index contributed by atoms with van der Waals surface area (Å²) in [6.45, 7) is 6.33. The Bertz CT molecular complexity index is 288. The molecule has 0 aliphatic rings. The van der Waals surface area contributed by atoms with Gasteiger partial charge in [0.25, 0.3) is 0 Å². The predicted molar refractivity (Wildman–Crippen MR) is 68.8 cm³/mol. The van der Waals surface area contributed by atoms with Gasteiger partial charge in [0.1, 0.15) is 11.1 Å². The summed E-state index contributed by atoms with van der Waals surface area (Å²) in [6, 6.07) is 0. The third kappa shape index (κ3) is 4.20. The molecule has 3 nitrogen and oxygen atoms in total. The fourth-order valence-electron chi connectivity index (χ4n) is 1.55. The Balaban J connectivity index is 2.48. The highest BCUT2D eigenvalue weighted by Gasteiger charge is 2.13. The lowest BCUT2D eigenvalue weighted by Gasteiger charge is -2.10. The van der Waals surface area contributed by atoms with Gasteiger partial charge < -0.3 is 10.1 Å². The highest BCUT2D eigenvalue weighted by Crippen LogP contribution is 2.26. The summed E-state index contributed by atoms with van der Waals surface area (Å²) in [5.41, 5.74) is 0. The van der Waals surface area contributed by atoms with Crippen LogP contribution in [0.15, 0.2) is 6.20 Å². The van der Waals surface area contributed by atoms with E-state index in [1.807, 2.05) is 6.20 Å². The van der Waals surface area contributed by atoms with Crippen LogP contribution in [0.4, 0.5) is 0 Å². The van der Waals surface area contributed by atoms with Crippen molar-refractivity contribution in [3.05, 3.63) is 16.1 Å². The van der Waals surface area contributed by atoms with E-state index in [4.69, 9.17) is 4.74 Å². The van der Waals surface area contributed by atoms with Crippen molar-refractivity contribution in [2.45, 2.75) is 45.8 Å². The summed E-state index contributed by atoms with van der Waals surface area (Å²) in [5, 5.41) is 4.49. The SMILES string of the molecule is CCCNCc1cnc(C(CCC)OC)s1. The van der Waals surface area contributed by atoms with Crippen LogP contribution in [0, 0.1) is 0 Å². The molecule has 0 aromatic carbocycles. The smallest absolute Gasteiger partial charge is 0.122 e. The van der Waals surface area contributed by atoms with E-state index in [1.165, 1.54) is 11.3 Å². The number of thiazole rings is 1. The molecule has 0 aliphatic heterocycles. The Morgan fingerprint density at radius 1 is 1.44 bits per heavy atom. The maximum absolute atomic E-state index is 5.44. The van der Waals surface area contributed by atoms with Gasteiger partial charge in [-0.25, -0.2) is 4.98 Å². The van der Waals surface area contributed by atoms with Crippen molar-refractivity contribution in [1.82, 2.24) is 10.3 Å². The van der Waals surface area contributed by atoms with Crippen molar-refractivity contribution in [3.8, 4) is 0 Å². The summed E-state index contributed by atoms with van der Waals surface area (Å²) in [5.74, 6) is 0. The van der Waals surface area contributed by atoms with Gasteiger partial charge in [0.05, 0.1) is 0 Å². The Morgan fingerprint density at radius 3 is 2.88 bits per heavy atom. The first-order valence-electron chi connectivity index (χ1n) is 5.99. The molecule has 16 heavy (non-hydrogen) atoms. The van der Waals surface area contributed by atoms with Crippen molar-refractivity contribution in [2.75, 3.05) is 13.7 Å². The zero-order valence-electron chi connectivity index (χ0n) is 10.5. The minimum Gasteiger partial charge on any atom is -0.374 e. The maximum atomic E-state index is 5.44. The van der Waals surface area contributed by atoms with Crippen molar-refractivity contribution in [3.63, 3.8) is 0 Å². The maximum Gasteiger partial charge on any atom is 0.122 e. The average Bonchev–Trinajstić information content (AvgIpc) is 2.75. The van der Waals surface area contributed by atoms with Crippen LogP contribution in [0.25, 0.3) is 0 Å². The Labute approximate surface area is 102 Å². The van der Waals surface area contributed by atoms with E-state index in [1.54, 1.807) is 18.4 Å². The first-order chi connectivity index (χ1) is 7.81. The topological polar surface area (TPSA) is 34.2 Å². The Kier molecular flexibility index (Phi) is 6.61. The molecule has 0 spiro atoms. The molecule has 0 saturated carbocycles. The highest BCUT2D eigenvalue weighted by molar-refractivity contribution is 7.11. The standard InChI is InChI=1S/C12H22N2OS/c1-4-6-11(15-3)12-14-9-10(16-12)8-13-7-5-2/h9,11,13H,4-8H2,1-3H3. The fraction of sp³-hybridized carbons (Fsp3) is 0.750. The summed E-state index contributed by atoms with van der Waals surface area (Å²) >= 11 is 1.76. The first kappa shape index (κ1) is 13.6. The van der Waals surface area contributed by atoms with Gasteiger partial charge in [-0.1, -0.05) is 20.3 Å². The van der Waals surface area contributed by atoms with Gasteiger partial charge in [-0.2, -0.15) is 0 Å². The summed E-state index contributed by atoms with van der Waals surface area (Å²) in [7, 11) is 1.76. The number of hydrogen-bond acceptors (Lipinski definition) is 4. The molecule has 0 amide bonds. The van der Waals surface area contributed by atoms with Gasteiger partial charge in [-0.05, 0) is 19.4 Å². The number of nitrogens with one attached hydrogen (secondary N) is 1. The number of aromatic nitrogens is 1. The van der Waals surface area contributed by atoms with E-state index in [0.29, 0.717) is 0 Å². The minimum atomic E-state index is 0.176. The second kappa shape index (κ2) is 7.76. The number of ether oxygens (including phenoxy) is 1. The van der Waals surface area contributed by atoms with E-state index in [9.17, 15) is 0 Å². The van der Waals surface area contributed by atoms with Gasteiger partial charge in [-0.15, -0.1) is 11.3 Å². The number of nitrogens with zero attached hydrogens (tertiary/aromatic N) is 1. The average molecular weight is 242 g/mol. The van der Waals surface area contributed by atoms with Gasteiger partial charge in [-0.3, -0.25) is 0 Å². The van der Waals surface area contributed by atoms with Crippen LogP contribution in [0.1, 0.15) is 49.1 Å². The fourth-order valence-corrected chi connectivity index (χ4v) is 2.55. The molecule has 1 unspecified atom stereocenters. The van der Waals surface area contributed by atoms with Crippen LogP contribution in [-0.4, -0.2) is 18.6 Å². The summed E-state index contributed by atoms with van der Waals surface area (Å²) < 4.78 is 5.44. The second-order valence-electron chi connectivity index (χ2n) is 3.85. The van der Waals surface area contributed by atoms with Crippen LogP contribution >= 0.6 is 11.3 Å². The van der Waals surface area contributed by atoms with E-state index in [-0.39, 0.29) is 6.10 Å². The lowest BCUT2D eigenvalue weighted by Crippen LogP contribution is -2.12. The van der Waals surface area contributed by atoms with E-state index >= 15 is 0 Å². The highest BCUT2D eigenvalue weighted by atomic mass is 32.1. The zero-order valence-corrected chi connectivity index (χ0v) is 11.3. The molecule has 1 aromatic rings. The van der Waals surface area contributed by atoms with Crippen molar-refractivity contribution in [2.24, 2.45) is 0 Å². The van der Waals surface area contributed by atoms with E-state index in [2.05, 4.69) is 24.1 Å². The van der Waals surface area contributed by atoms with Crippen molar-refractivity contribution < 1.29 is 4.74 Å². The summed E-state index contributed by atoms with van der Waals surface area (Å²) in [6.07, 6.45) is 5.48. The molecule has 0 aliphatic carbocycles. The van der Waals surface area contributed by atoms with Gasteiger partial charge in [0.15, 0.2) is 0 Å². The molecule has 0 bridgehead atoms. The molecular weight excluding hydrogens is 220 g/mol. The van der Waals surface area contributed by atoms with Crippen LogP contribution in [0.3, 0.4) is 0 Å².